The summed E-state index contributed by atoms with van der Waals surface area (Å²) in [7, 11) is 0. The Morgan fingerprint density at radius 1 is 1.35 bits per heavy atom. The fourth-order valence-electron chi connectivity index (χ4n) is 1.32. The molecule has 17 heavy (non-hydrogen) atoms. The van der Waals surface area contributed by atoms with Crippen LogP contribution in [0, 0.1) is 9.39 Å². The number of pyridine rings is 1. The number of carbonyl (C=O) groups excluding carboxylic acids is 1. The molecular weight excluding hydrogens is 334 g/mol. The summed E-state index contributed by atoms with van der Waals surface area (Å²) in [6, 6.07) is 8.62. The van der Waals surface area contributed by atoms with E-state index in [-0.39, 0.29) is 5.56 Å². The Hall–Kier alpha value is -1.50. The minimum Gasteiger partial charge on any atom is -0.322 e. The number of aromatic nitrogens is 1. The van der Waals surface area contributed by atoms with Crippen molar-refractivity contribution in [2.75, 3.05) is 5.32 Å². The van der Waals surface area contributed by atoms with Crippen molar-refractivity contribution in [3.63, 3.8) is 0 Å². The topological polar surface area (TPSA) is 42.0 Å². The molecule has 0 fully saturated rings. The molecule has 0 saturated heterocycles. The molecule has 2 aromatic rings. The first-order valence-electron chi connectivity index (χ1n) is 4.83. The minimum absolute atomic E-state index is 0.0149. The molecular formula is C12H8FIN2O. The molecule has 0 atom stereocenters. The number of carbonyl (C=O) groups is 1. The van der Waals surface area contributed by atoms with Gasteiger partial charge in [0.2, 0.25) is 0 Å². The third-order valence-corrected chi connectivity index (χ3v) is 2.77. The van der Waals surface area contributed by atoms with E-state index in [1.165, 1.54) is 12.3 Å². The van der Waals surface area contributed by atoms with Gasteiger partial charge in [0, 0.05) is 15.5 Å². The largest absolute Gasteiger partial charge is 0.322 e. The summed E-state index contributed by atoms with van der Waals surface area (Å²) in [5.41, 5.74) is 0.622. The highest BCUT2D eigenvalue weighted by atomic mass is 127. The summed E-state index contributed by atoms with van der Waals surface area (Å²) in [6.45, 7) is 0. The zero-order chi connectivity index (χ0) is 12.3. The number of rotatable bonds is 2. The lowest BCUT2D eigenvalue weighted by Crippen LogP contribution is -2.13. The summed E-state index contributed by atoms with van der Waals surface area (Å²) in [5, 5.41) is 2.63. The molecule has 2 rings (SSSR count). The molecule has 0 aliphatic heterocycles. The Morgan fingerprint density at radius 3 is 2.88 bits per heavy atom. The van der Waals surface area contributed by atoms with Crippen molar-refractivity contribution in [2.24, 2.45) is 0 Å². The van der Waals surface area contributed by atoms with Crippen LogP contribution in [0.5, 0.6) is 0 Å². The van der Waals surface area contributed by atoms with Crippen molar-refractivity contribution >= 4 is 34.2 Å². The maximum Gasteiger partial charge on any atom is 0.258 e. The summed E-state index contributed by atoms with van der Waals surface area (Å²) < 4.78 is 14.3. The lowest BCUT2D eigenvalue weighted by Gasteiger charge is -2.05. The van der Waals surface area contributed by atoms with Gasteiger partial charge in [-0.15, -0.1) is 0 Å². The standard InChI is InChI=1S/C12H8FIN2O/c13-11-7-15-5-4-10(11)12(17)16-9-3-1-2-8(14)6-9/h1-7H,(H,16,17). The third-order valence-electron chi connectivity index (χ3n) is 2.10. The van der Waals surface area contributed by atoms with Crippen molar-refractivity contribution in [1.82, 2.24) is 4.98 Å². The predicted octanol–water partition coefficient (Wildman–Crippen LogP) is 3.08. The van der Waals surface area contributed by atoms with E-state index >= 15 is 0 Å². The number of hydrogen-bond donors (Lipinski definition) is 1. The van der Waals surface area contributed by atoms with Crippen LogP contribution in [-0.2, 0) is 0 Å². The van der Waals surface area contributed by atoms with Gasteiger partial charge in [0.1, 0.15) is 0 Å². The van der Waals surface area contributed by atoms with Gasteiger partial charge in [-0.3, -0.25) is 9.78 Å². The van der Waals surface area contributed by atoms with E-state index in [0.717, 1.165) is 9.77 Å². The van der Waals surface area contributed by atoms with Crippen LogP contribution in [0.4, 0.5) is 10.1 Å². The van der Waals surface area contributed by atoms with Crippen LogP contribution in [0.1, 0.15) is 10.4 Å². The third kappa shape index (κ3) is 3.00. The average molecular weight is 342 g/mol. The van der Waals surface area contributed by atoms with Crippen LogP contribution in [0.25, 0.3) is 0 Å². The maximum atomic E-state index is 13.3. The molecule has 0 bridgehead atoms. The number of nitrogens with one attached hydrogen (secondary N) is 1. The van der Waals surface area contributed by atoms with Gasteiger partial charge in [-0.25, -0.2) is 4.39 Å². The second-order valence-corrected chi connectivity index (χ2v) is 4.57. The second-order valence-electron chi connectivity index (χ2n) is 3.32. The molecule has 1 amide bonds. The first kappa shape index (κ1) is 12.0. The highest BCUT2D eigenvalue weighted by molar-refractivity contribution is 14.1. The van der Waals surface area contributed by atoms with E-state index in [4.69, 9.17) is 0 Å². The molecule has 0 aliphatic rings. The Labute approximate surface area is 111 Å². The molecule has 0 aliphatic carbocycles. The van der Waals surface area contributed by atoms with Crippen molar-refractivity contribution in [1.29, 1.82) is 0 Å². The molecule has 0 radical (unpaired) electrons. The smallest absolute Gasteiger partial charge is 0.258 e. The molecule has 0 saturated carbocycles. The van der Waals surface area contributed by atoms with E-state index in [2.05, 4.69) is 32.9 Å². The normalized spacial score (nSPS) is 10.0. The summed E-state index contributed by atoms with van der Waals surface area (Å²) in [4.78, 5) is 15.4. The van der Waals surface area contributed by atoms with Gasteiger partial charge >= 0.3 is 0 Å². The van der Waals surface area contributed by atoms with Crippen LogP contribution in [0.3, 0.4) is 0 Å². The zero-order valence-corrected chi connectivity index (χ0v) is 10.8. The zero-order valence-electron chi connectivity index (χ0n) is 8.65. The molecule has 1 aromatic carbocycles. The van der Waals surface area contributed by atoms with Crippen LogP contribution in [-0.4, -0.2) is 10.9 Å². The lowest BCUT2D eigenvalue weighted by molar-refractivity contribution is 0.102. The average Bonchev–Trinajstić information content (AvgIpc) is 2.29. The van der Waals surface area contributed by atoms with E-state index in [0.29, 0.717) is 5.69 Å². The maximum absolute atomic E-state index is 13.3. The molecule has 1 aromatic heterocycles. The second kappa shape index (κ2) is 5.22. The Balaban J connectivity index is 2.20. The summed E-state index contributed by atoms with van der Waals surface area (Å²) >= 11 is 2.14. The first-order chi connectivity index (χ1) is 8.16. The van der Waals surface area contributed by atoms with E-state index in [1.807, 2.05) is 12.1 Å². The van der Waals surface area contributed by atoms with E-state index in [9.17, 15) is 9.18 Å². The SMILES string of the molecule is O=C(Nc1cccc(I)c1)c1ccncc1F. The number of benzene rings is 1. The van der Waals surface area contributed by atoms with Crippen molar-refractivity contribution in [3.8, 4) is 0 Å². The van der Waals surface area contributed by atoms with Crippen molar-refractivity contribution in [2.45, 2.75) is 0 Å². The van der Waals surface area contributed by atoms with Crippen LogP contribution in [0.15, 0.2) is 42.7 Å². The quantitative estimate of drug-likeness (QED) is 0.853. The van der Waals surface area contributed by atoms with Crippen LogP contribution >= 0.6 is 22.6 Å². The van der Waals surface area contributed by atoms with Crippen LogP contribution in [0.2, 0.25) is 0 Å². The monoisotopic (exact) mass is 342 g/mol. The summed E-state index contributed by atoms with van der Waals surface area (Å²) in [6.07, 6.45) is 2.40. The van der Waals surface area contributed by atoms with Gasteiger partial charge < -0.3 is 5.32 Å². The predicted molar refractivity (Wildman–Crippen MR) is 71.3 cm³/mol. The van der Waals surface area contributed by atoms with Crippen molar-refractivity contribution < 1.29 is 9.18 Å². The number of nitrogens with zero attached hydrogens (tertiary/aromatic N) is 1. The van der Waals surface area contributed by atoms with Gasteiger partial charge in [-0.1, -0.05) is 6.07 Å². The fourth-order valence-corrected chi connectivity index (χ4v) is 1.87. The van der Waals surface area contributed by atoms with Crippen LogP contribution < -0.4 is 5.32 Å². The van der Waals surface area contributed by atoms with Gasteiger partial charge in [0.25, 0.3) is 5.91 Å². The minimum atomic E-state index is -0.629. The molecule has 5 heteroatoms. The van der Waals surface area contributed by atoms with E-state index < -0.39 is 11.7 Å². The van der Waals surface area contributed by atoms with Gasteiger partial charge in [-0.2, -0.15) is 0 Å². The number of anilines is 1. The molecule has 3 nitrogen and oxygen atoms in total. The highest BCUT2D eigenvalue weighted by Gasteiger charge is 2.11. The Bertz CT molecular complexity index is 560. The molecule has 1 heterocycles. The van der Waals surface area contributed by atoms with Crippen molar-refractivity contribution in [3.05, 3.63) is 57.7 Å². The molecule has 0 unspecified atom stereocenters. The Kier molecular flexibility index (Phi) is 3.68. The number of hydrogen-bond acceptors (Lipinski definition) is 2. The Morgan fingerprint density at radius 2 is 2.18 bits per heavy atom. The van der Waals surface area contributed by atoms with Gasteiger partial charge in [0.05, 0.1) is 11.8 Å². The van der Waals surface area contributed by atoms with Gasteiger partial charge in [-0.05, 0) is 46.9 Å². The van der Waals surface area contributed by atoms with E-state index in [1.54, 1.807) is 12.1 Å². The number of amides is 1. The first-order valence-corrected chi connectivity index (χ1v) is 5.91. The summed E-state index contributed by atoms with van der Waals surface area (Å²) in [5.74, 6) is -1.11. The van der Waals surface area contributed by atoms with Gasteiger partial charge in [0.15, 0.2) is 5.82 Å². The number of halogens is 2. The fraction of sp³-hybridized carbons (Fsp3) is 0. The molecule has 0 spiro atoms. The lowest BCUT2D eigenvalue weighted by atomic mass is 10.2. The molecule has 1 N–H and O–H groups in total. The highest BCUT2D eigenvalue weighted by Crippen LogP contribution is 2.14. The molecule has 86 valence electrons.